The highest BCUT2D eigenvalue weighted by atomic mass is 16.1. The molecule has 2 atom stereocenters. The summed E-state index contributed by atoms with van der Waals surface area (Å²) in [5.41, 5.74) is 2.19. The van der Waals surface area contributed by atoms with Crippen molar-refractivity contribution >= 4 is 11.6 Å². The second-order valence-electron chi connectivity index (χ2n) is 6.06. The molecule has 0 saturated heterocycles. The van der Waals surface area contributed by atoms with Crippen LogP contribution in [0.3, 0.4) is 0 Å². The molecule has 1 aliphatic rings. The molecule has 3 heteroatoms. The van der Waals surface area contributed by atoms with Crippen LogP contribution in [-0.2, 0) is 11.2 Å². The van der Waals surface area contributed by atoms with Crippen LogP contribution in [0.4, 0.5) is 5.69 Å². The average Bonchev–Trinajstić information content (AvgIpc) is 2.44. The molecule has 3 nitrogen and oxygen atoms in total. The van der Waals surface area contributed by atoms with Crippen molar-refractivity contribution in [1.82, 2.24) is 5.32 Å². The third-order valence-corrected chi connectivity index (χ3v) is 4.51. The first-order chi connectivity index (χ1) is 9.61. The smallest absolute Gasteiger partial charge is 0.224 e. The predicted octanol–water partition coefficient (Wildman–Crippen LogP) is 3.21. The SMILES string of the molecule is CNC(=O)Cc1ccccc1NC1C(C)CCCC1C. The Morgan fingerprint density at radius 1 is 1.20 bits per heavy atom. The van der Waals surface area contributed by atoms with Gasteiger partial charge in [0.2, 0.25) is 5.91 Å². The molecule has 1 fully saturated rings. The van der Waals surface area contributed by atoms with Crippen molar-refractivity contribution in [2.24, 2.45) is 11.8 Å². The van der Waals surface area contributed by atoms with E-state index in [-0.39, 0.29) is 5.91 Å². The highest BCUT2D eigenvalue weighted by molar-refractivity contribution is 5.80. The van der Waals surface area contributed by atoms with E-state index in [0.29, 0.717) is 24.3 Å². The summed E-state index contributed by atoms with van der Waals surface area (Å²) >= 11 is 0. The van der Waals surface area contributed by atoms with Crippen LogP contribution in [0, 0.1) is 11.8 Å². The van der Waals surface area contributed by atoms with Crippen molar-refractivity contribution in [3.05, 3.63) is 29.8 Å². The lowest BCUT2D eigenvalue weighted by Gasteiger charge is -2.36. The molecule has 2 rings (SSSR count). The average molecular weight is 274 g/mol. The lowest BCUT2D eigenvalue weighted by molar-refractivity contribution is -0.119. The number of benzene rings is 1. The molecular weight excluding hydrogens is 248 g/mol. The molecule has 110 valence electrons. The van der Waals surface area contributed by atoms with Crippen LogP contribution >= 0.6 is 0 Å². The summed E-state index contributed by atoms with van der Waals surface area (Å²) in [5.74, 6) is 1.43. The summed E-state index contributed by atoms with van der Waals surface area (Å²) in [5, 5.41) is 6.39. The van der Waals surface area contributed by atoms with Gasteiger partial charge in [0.05, 0.1) is 6.42 Å². The van der Waals surface area contributed by atoms with Crippen molar-refractivity contribution in [2.75, 3.05) is 12.4 Å². The van der Waals surface area contributed by atoms with E-state index in [9.17, 15) is 4.79 Å². The zero-order valence-electron chi connectivity index (χ0n) is 12.8. The zero-order valence-corrected chi connectivity index (χ0v) is 12.8. The lowest BCUT2D eigenvalue weighted by atomic mass is 9.78. The Hall–Kier alpha value is -1.51. The largest absolute Gasteiger partial charge is 0.382 e. The van der Waals surface area contributed by atoms with Gasteiger partial charge in [0, 0.05) is 18.8 Å². The first-order valence-corrected chi connectivity index (χ1v) is 7.67. The molecule has 0 heterocycles. The molecule has 1 aromatic rings. The minimum Gasteiger partial charge on any atom is -0.382 e. The molecule has 1 amide bonds. The topological polar surface area (TPSA) is 41.1 Å². The molecule has 0 aromatic heterocycles. The van der Waals surface area contributed by atoms with Crippen molar-refractivity contribution in [3.63, 3.8) is 0 Å². The van der Waals surface area contributed by atoms with Crippen LogP contribution in [-0.4, -0.2) is 19.0 Å². The molecule has 1 aromatic carbocycles. The molecule has 0 aliphatic heterocycles. The monoisotopic (exact) mass is 274 g/mol. The van der Waals surface area contributed by atoms with Gasteiger partial charge in [-0.2, -0.15) is 0 Å². The fraction of sp³-hybridized carbons (Fsp3) is 0.588. The van der Waals surface area contributed by atoms with Gasteiger partial charge >= 0.3 is 0 Å². The minimum atomic E-state index is 0.0593. The van der Waals surface area contributed by atoms with Gasteiger partial charge in [-0.1, -0.05) is 38.5 Å². The summed E-state index contributed by atoms with van der Waals surface area (Å²) in [6, 6.07) is 8.67. The first kappa shape index (κ1) is 14.9. The van der Waals surface area contributed by atoms with Gasteiger partial charge in [0.15, 0.2) is 0 Å². The van der Waals surface area contributed by atoms with Crippen LogP contribution in [0.25, 0.3) is 0 Å². The summed E-state index contributed by atoms with van der Waals surface area (Å²) < 4.78 is 0. The fourth-order valence-electron chi connectivity index (χ4n) is 3.22. The summed E-state index contributed by atoms with van der Waals surface area (Å²) in [7, 11) is 1.68. The van der Waals surface area contributed by atoms with Gasteiger partial charge in [-0.25, -0.2) is 0 Å². The highest BCUT2D eigenvalue weighted by Gasteiger charge is 2.27. The molecule has 0 radical (unpaired) electrons. The standard InChI is InChI=1S/C17H26N2O/c1-12-7-6-8-13(2)17(12)19-15-10-5-4-9-14(15)11-16(20)18-3/h4-5,9-10,12-13,17,19H,6-8,11H2,1-3H3,(H,18,20). The fourth-order valence-corrected chi connectivity index (χ4v) is 3.22. The number of anilines is 1. The van der Waals surface area contributed by atoms with Gasteiger partial charge in [0.1, 0.15) is 0 Å². The van der Waals surface area contributed by atoms with E-state index in [1.807, 2.05) is 18.2 Å². The second kappa shape index (κ2) is 6.78. The molecule has 0 spiro atoms. The zero-order chi connectivity index (χ0) is 14.5. The van der Waals surface area contributed by atoms with Crippen LogP contribution in [0.2, 0.25) is 0 Å². The highest BCUT2D eigenvalue weighted by Crippen LogP contribution is 2.32. The Morgan fingerprint density at radius 2 is 1.85 bits per heavy atom. The maximum Gasteiger partial charge on any atom is 0.224 e. The third kappa shape index (κ3) is 3.53. The van der Waals surface area contributed by atoms with E-state index in [1.165, 1.54) is 19.3 Å². The van der Waals surface area contributed by atoms with Crippen LogP contribution in [0.5, 0.6) is 0 Å². The van der Waals surface area contributed by atoms with E-state index in [4.69, 9.17) is 0 Å². The van der Waals surface area contributed by atoms with Crippen molar-refractivity contribution in [3.8, 4) is 0 Å². The predicted molar refractivity (Wildman–Crippen MR) is 83.8 cm³/mol. The molecule has 1 saturated carbocycles. The van der Waals surface area contributed by atoms with Gasteiger partial charge in [-0.15, -0.1) is 0 Å². The van der Waals surface area contributed by atoms with E-state index >= 15 is 0 Å². The third-order valence-electron chi connectivity index (χ3n) is 4.51. The number of hydrogen-bond donors (Lipinski definition) is 2. The maximum atomic E-state index is 11.6. The number of carbonyl (C=O) groups is 1. The molecule has 20 heavy (non-hydrogen) atoms. The van der Waals surface area contributed by atoms with Crippen LogP contribution in [0.15, 0.2) is 24.3 Å². The van der Waals surface area contributed by atoms with Gasteiger partial charge < -0.3 is 10.6 Å². The summed E-state index contributed by atoms with van der Waals surface area (Å²) in [6.07, 6.45) is 4.36. The molecule has 1 aliphatic carbocycles. The Bertz CT molecular complexity index is 448. The van der Waals surface area contributed by atoms with Gasteiger partial charge in [-0.05, 0) is 36.3 Å². The van der Waals surface area contributed by atoms with E-state index in [1.54, 1.807) is 7.05 Å². The van der Waals surface area contributed by atoms with Crippen LogP contribution in [0.1, 0.15) is 38.7 Å². The van der Waals surface area contributed by atoms with Crippen LogP contribution < -0.4 is 10.6 Å². The second-order valence-corrected chi connectivity index (χ2v) is 6.06. The van der Waals surface area contributed by atoms with Crippen molar-refractivity contribution < 1.29 is 4.79 Å². The molecule has 2 unspecified atom stereocenters. The molecule has 0 bridgehead atoms. The van der Waals surface area contributed by atoms with Crippen molar-refractivity contribution in [2.45, 2.75) is 45.6 Å². The first-order valence-electron chi connectivity index (χ1n) is 7.67. The number of nitrogens with one attached hydrogen (secondary N) is 2. The number of amides is 1. The number of hydrogen-bond acceptors (Lipinski definition) is 2. The summed E-state index contributed by atoms with van der Waals surface area (Å²) in [6.45, 7) is 4.66. The quantitative estimate of drug-likeness (QED) is 0.885. The molecular formula is C17H26N2O. The Kier molecular flexibility index (Phi) is 5.05. The number of carbonyl (C=O) groups excluding carboxylic acids is 1. The normalized spacial score (nSPS) is 26.1. The van der Waals surface area contributed by atoms with Gasteiger partial charge in [0.25, 0.3) is 0 Å². The number of para-hydroxylation sites is 1. The van der Waals surface area contributed by atoms with E-state index < -0.39 is 0 Å². The summed E-state index contributed by atoms with van der Waals surface area (Å²) in [4.78, 5) is 11.6. The van der Waals surface area contributed by atoms with Crippen molar-refractivity contribution in [1.29, 1.82) is 0 Å². The Morgan fingerprint density at radius 3 is 2.50 bits per heavy atom. The number of rotatable bonds is 4. The number of likely N-dealkylation sites (N-methyl/N-ethyl adjacent to an activating group) is 1. The van der Waals surface area contributed by atoms with E-state index in [2.05, 4.69) is 30.5 Å². The van der Waals surface area contributed by atoms with Gasteiger partial charge in [-0.3, -0.25) is 4.79 Å². The maximum absolute atomic E-state index is 11.6. The lowest BCUT2D eigenvalue weighted by Crippen LogP contribution is -2.37. The Balaban J connectivity index is 2.13. The van der Waals surface area contributed by atoms with E-state index in [0.717, 1.165) is 11.3 Å². The Labute approximate surface area is 122 Å². The molecule has 2 N–H and O–H groups in total. The minimum absolute atomic E-state index is 0.0593.